The van der Waals surface area contributed by atoms with Crippen LogP contribution < -0.4 is 15.2 Å². The van der Waals surface area contributed by atoms with Gasteiger partial charge < -0.3 is 14.6 Å². The van der Waals surface area contributed by atoms with Crippen LogP contribution in [0.3, 0.4) is 0 Å². The minimum absolute atomic E-state index is 0.0125. The van der Waals surface area contributed by atoms with Crippen LogP contribution >= 0.6 is 11.8 Å². The molecule has 0 aliphatic heterocycles. The number of amides is 1. The van der Waals surface area contributed by atoms with Crippen LogP contribution in [-0.2, 0) is 21.4 Å². The Labute approximate surface area is 185 Å². The van der Waals surface area contributed by atoms with E-state index in [0.29, 0.717) is 29.3 Å². The summed E-state index contributed by atoms with van der Waals surface area (Å²) in [6, 6.07) is 8.23. The molecule has 0 bridgehead atoms. The molecule has 0 aliphatic carbocycles. The Kier molecular flexibility index (Phi) is 7.04. The molecule has 3 N–H and O–H groups in total. The van der Waals surface area contributed by atoms with E-state index in [1.807, 2.05) is 36.9 Å². The lowest BCUT2D eigenvalue weighted by molar-refractivity contribution is -0.114. The Bertz CT molecular complexity index is 1210. The van der Waals surface area contributed by atoms with E-state index in [9.17, 15) is 13.2 Å². The number of rotatable bonds is 8. The summed E-state index contributed by atoms with van der Waals surface area (Å²) in [5, 5.41) is 8.13. The molecule has 1 aromatic carbocycles. The highest BCUT2D eigenvalue weighted by Crippen LogP contribution is 2.38. The normalized spacial score (nSPS) is 11.4. The number of benzene rings is 1. The third-order valence-corrected chi connectivity index (χ3v) is 6.24. The third kappa shape index (κ3) is 5.66. The predicted molar refractivity (Wildman–Crippen MR) is 121 cm³/mol. The van der Waals surface area contributed by atoms with Crippen LogP contribution in [0.1, 0.15) is 20.8 Å². The van der Waals surface area contributed by atoms with Gasteiger partial charge in [-0.2, -0.15) is 0 Å². The molecule has 0 unspecified atom stereocenters. The number of carbonyl (C=O) groups is 1. The number of nitrogens with zero attached hydrogens (tertiary/aromatic N) is 2. The van der Waals surface area contributed by atoms with Gasteiger partial charge in [-0.3, -0.25) is 4.79 Å². The summed E-state index contributed by atoms with van der Waals surface area (Å²) < 4.78 is 31.2. The molecule has 0 fully saturated rings. The van der Waals surface area contributed by atoms with Crippen LogP contribution in [0.15, 0.2) is 63.6 Å². The lowest BCUT2D eigenvalue weighted by Gasteiger charge is -2.12. The van der Waals surface area contributed by atoms with Crippen molar-refractivity contribution in [1.29, 1.82) is 0 Å². The fraction of sp³-hybridized carbons (Fsp3) is 0.238. The molecule has 0 radical (unpaired) electrons. The van der Waals surface area contributed by atoms with Gasteiger partial charge in [-0.25, -0.2) is 18.5 Å². The average Bonchev–Trinajstić information content (AvgIpc) is 3.09. The number of hydrogen-bond donors (Lipinski definition) is 2. The van der Waals surface area contributed by atoms with E-state index in [-0.39, 0.29) is 10.8 Å². The van der Waals surface area contributed by atoms with Gasteiger partial charge in [0.05, 0.1) is 22.1 Å². The largest absolute Gasteiger partial charge is 0.478 e. The predicted octanol–water partition coefficient (Wildman–Crippen LogP) is 3.73. The topological polar surface area (TPSA) is 116 Å². The molecule has 31 heavy (non-hydrogen) atoms. The lowest BCUT2D eigenvalue weighted by atomic mass is 10.1. The molecule has 0 aliphatic rings. The maximum Gasteiger partial charge on any atom is 0.238 e. The SMILES string of the molecule is CCOc1ncc(Sc2cn(CC)cc2NC(C)=O)cc1-c1cccc(S(N)(=O)=O)c1. The van der Waals surface area contributed by atoms with Gasteiger partial charge in [0, 0.05) is 42.5 Å². The summed E-state index contributed by atoms with van der Waals surface area (Å²) >= 11 is 1.44. The van der Waals surface area contributed by atoms with E-state index in [0.717, 1.165) is 16.3 Å². The number of carbonyl (C=O) groups excluding carboxylic acids is 1. The number of primary sulfonamides is 1. The van der Waals surface area contributed by atoms with Crippen molar-refractivity contribution in [1.82, 2.24) is 9.55 Å². The summed E-state index contributed by atoms with van der Waals surface area (Å²) in [6.07, 6.45) is 5.51. The molecule has 164 valence electrons. The molecule has 3 rings (SSSR count). The van der Waals surface area contributed by atoms with Crippen LogP contribution in [-0.4, -0.2) is 30.5 Å². The van der Waals surface area contributed by atoms with Gasteiger partial charge in [0.15, 0.2) is 0 Å². The van der Waals surface area contributed by atoms with Crippen molar-refractivity contribution in [3.8, 4) is 17.0 Å². The third-order valence-electron chi connectivity index (χ3n) is 4.33. The molecule has 3 aromatic rings. The Hall–Kier alpha value is -2.82. The van der Waals surface area contributed by atoms with Gasteiger partial charge in [-0.05, 0) is 37.6 Å². The van der Waals surface area contributed by atoms with E-state index in [4.69, 9.17) is 9.88 Å². The van der Waals surface area contributed by atoms with Crippen molar-refractivity contribution in [2.75, 3.05) is 11.9 Å². The number of sulfonamides is 1. The minimum Gasteiger partial charge on any atom is -0.478 e. The molecule has 0 saturated heterocycles. The van der Waals surface area contributed by atoms with Crippen molar-refractivity contribution < 1.29 is 17.9 Å². The van der Waals surface area contributed by atoms with Crippen LogP contribution in [0.5, 0.6) is 5.88 Å². The van der Waals surface area contributed by atoms with Gasteiger partial charge in [0.2, 0.25) is 21.8 Å². The van der Waals surface area contributed by atoms with E-state index < -0.39 is 10.0 Å². The van der Waals surface area contributed by atoms with Gasteiger partial charge in [-0.1, -0.05) is 23.9 Å². The molecule has 10 heteroatoms. The second-order valence-corrected chi connectivity index (χ2v) is 9.36. The van der Waals surface area contributed by atoms with Crippen LogP contribution in [0.4, 0.5) is 5.69 Å². The highest BCUT2D eigenvalue weighted by atomic mass is 32.2. The standard InChI is InChI=1S/C21H24N4O4S2/c1-4-25-12-19(24-14(3)26)20(13-25)30-16-10-18(21(23-11-16)29-5-2)15-7-6-8-17(9-15)31(22,27)28/h6-13H,4-5H2,1-3H3,(H,24,26)(H2,22,27,28). The number of anilines is 1. The van der Waals surface area contributed by atoms with Crippen LogP contribution in [0.2, 0.25) is 0 Å². The summed E-state index contributed by atoms with van der Waals surface area (Å²) in [5.41, 5.74) is 1.98. The van der Waals surface area contributed by atoms with Crippen molar-refractivity contribution in [2.45, 2.75) is 42.0 Å². The van der Waals surface area contributed by atoms with Gasteiger partial charge in [0.25, 0.3) is 0 Å². The van der Waals surface area contributed by atoms with Crippen molar-refractivity contribution in [3.63, 3.8) is 0 Å². The second kappa shape index (κ2) is 9.54. The fourth-order valence-electron chi connectivity index (χ4n) is 2.95. The Balaban J connectivity index is 2.04. The van der Waals surface area contributed by atoms with Crippen molar-refractivity contribution in [3.05, 3.63) is 48.9 Å². The molecule has 2 heterocycles. The highest BCUT2D eigenvalue weighted by molar-refractivity contribution is 7.99. The first kappa shape index (κ1) is 22.9. The number of nitrogens with one attached hydrogen (secondary N) is 1. The van der Waals surface area contributed by atoms with E-state index >= 15 is 0 Å². The van der Waals surface area contributed by atoms with Gasteiger partial charge in [0.1, 0.15) is 0 Å². The Morgan fingerprint density at radius 2 is 2.03 bits per heavy atom. The molecular weight excluding hydrogens is 436 g/mol. The number of aryl methyl sites for hydroxylation is 1. The quantitative estimate of drug-likeness (QED) is 0.529. The summed E-state index contributed by atoms with van der Waals surface area (Å²) in [4.78, 5) is 17.7. The molecule has 2 aromatic heterocycles. The molecule has 8 nitrogen and oxygen atoms in total. The smallest absolute Gasteiger partial charge is 0.238 e. The van der Waals surface area contributed by atoms with Crippen molar-refractivity contribution in [2.24, 2.45) is 5.14 Å². The zero-order valence-corrected chi connectivity index (χ0v) is 19.1. The summed E-state index contributed by atoms with van der Waals surface area (Å²) in [7, 11) is -3.84. The Morgan fingerprint density at radius 1 is 1.26 bits per heavy atom. The zero-order valence-electron chi connectivity index (χ0n) is 17.5. The first-order chi connectivity index (χ1) is 14.7. The molecule has 1 amide bonds. The number of pyridine rings is 1. The first-order valence-electron chi connectivity index (χ1n) is 9.62. The highest BCUT2D eigenvalue weighted by Gasteiger charge is 2.16. The second-order valence-electron chi connectivity index (χ2n) is 6.68. The number of aromatic nitrogens is 2. The van der Waals surface area contributed by atoms with Gasteiger partial charge >= 0.3 is 0 Å². The molecule has 0 spiro atoms. The number of ether oxygens (including phenoxy) is 1. The average molecular weight is 461 g/mol. The van der Waals surface area contributed by atoms with E-state index in [2.05, 4.69) is 10.3 Å². The molecule has 0 atom stereocenters. The minimum atomic E-state index is -3.84. The Morgan fingerprint density at radius 3 is 2.68 bits per heavy atom. The zero-order chi connectivity index (χ0) is 22.6. The van der Waals surface area contributed by atoms with Crippen LogP contribution in [0.25, 0.3) is 11.1 Å². The first-order valence-corrected chi connectivity index (χ1v) is 12.0. The maximum absolute atomic E-state index is 11.8. The fourth-order valence-corrected chi connectivity index (χ4v) is 4.45. The summed E-state index contributed by atoms with van der Waals surface area (Å²) in [5.74, 6) is 0.243. The van der Waals surface area contributed by atoms with Crippen molar-refractivity contribution >= 4 is 33.4 Å². The monoisotopic (exact) mass is 460 g/mol. The molecule has 0 saturated carbocycles. The van der Waals surface area contributed by atoms with E-state index in [1.165, 1.54) is 30.8 Å². The maximum atomic E-state index is 11.8. The molecular formula is C21H24N4O4S2. The summed E-state index contributed by atoms with van der Waals surface area (Å²) in [6.45, 7) is 6.50. The van der Waals surface area contributed by atoms with Gasteiger partial charge in [-0.15, -0.1) is 0 Å². The van der Waals surface area contributed by atoms with E-state index in [1.54, 1.807) is 18.3 Å². The number of hydrogen-bond acceptors (Lipinski definition) is 6. The number of nitrogens with two attached hydrogens (primary N) is 1. The lowest BCUT2D eigenvalue weighted by Crippen LogP contribution is -2.12. The van der Waals surface area contributed by atoms with Crippen LogP contribution in [0, 0.1) is 0 Å².